The molecule has 3 aromatic rings. The van der Waals surface area contributed by atoms with E-state index in [0.29, 0.717) is 0 Å². The van der Waals surface area contributed by atoms with E-state index < -0.39 is 41.5 Å². The number of alkyl halides is 3. The fourth-order valence-corrected chi connectivity index (χ4v) is 4.14. The maximum Gasteiger partial charge on any atom is 0.416 e. The number of amides is 2. The Bertz CT molecular complexity index is 1380. The molecule has 2 aromatic carbocycles. The van der Waals surface area contributed by atoms with Gasteiger partial charge in [0.05, 0.1) is 12.0 Å². The number of halogens is 3. The summed E-state index contributed by atoms with van der Waals surface area (Å²) in [6.45, 7) is 6.21. The molecular formula is C28H28F3N3O4. The number of carbonyl (C=O) groups excluding carboxylic acids is 3. The first kappa shape index (κ1) is 28.4. The number of ether oxygens (including phenoxy) is 1. The minimum absolute atomic E-state index is 0.0358. The van der Waals surface area contributed by atoms with Crippen LogP contribution < -0.4 is 11.1 Å². The Labute approximate surface area is 218 Å². The molecule has 0 unspecified atom stereocenters. The third-order valence-corrected chi connectivity index (χ3v) is 5.76. The molecule has 200 valence electrons. The van der Waals surface area contributed by atoms with E-state index in [9.17, 15) is 27.6 Å². The number of primary amides is 1. The molecule has 0 saturated carbocycles. The Morgan fingerprint density at radius 1 is 1.00 bits per heavy atom. The van der Waals surface area contributed by atoms with E-state index in [0.717, 1.165) is 22.9 Å². The molecule has 3 N–H and O–H groups in total. The molecule has 0 bridgehead atoms. The van der Waals surface area contributed by atoms with Crippen molar-refractivity contribution in [3.63, 3.8) is 0 Å². The van der Waals surface area contributed by atoms with Gasteiger partial charge in [0.25, 0.3) is 0 Å². The molecule has 0 aliphatic rings. The standard InChI is InChI=1S/C28H28F3N3O4/c1-16-10-21(15-27(3,4)38-26(32)37)23(13-22(16)28(29,30)31)34-25(36)14-24(35)20-7-5-6-18(12-20)19-8-9-33-17(2)11-19/h5-13H,14-15H2,1-4H3,(H2,32,37)(H,34,36). The Balaban J connectivity index is 1.86. The molecule has 0 saturated heterocycles. The van der Waals surface area contributed by atoms with Crippen LogP contribution in [0.5, 0.6) is 0 Å². The summed E-state index contributed by atoms with van der Waals surface area (Å²) in [5, 5.41) is 2.44. The number of anilines is 1. The zero-order chi connectivity index (χ0) is 28.3. The van der Waals surface area contributed by atoms with Crippen molar-refractivity contribution in [1.82, 2.24) is 4.98 Å². The number of aromatic nitrogens is 1. The number of hydrogen-bond donors (Lipinski definition) is 2. The molecule has 0 radical (unpaired) electrons. The second kappa shape index (κ2) is 11.0. The van der Waals surface area contributed by atoms with Crippen LogP contribution in [0.2, 0.25) is 0 Å². The lowest BCUT2D eigenvalue weighted by Gasteiger charge is -2.26. The van der Waals surface area contributed by atoms with Crippen LogP contribution in [0.25, 0.3) is 11.1 Å². The van der Waals surface area contributed by atoms with Crippen molar-refractivity contribution < 1.29 is 32.3 Å². The van der Waals surface area contributed by atoms with Gasteiger partial charge in [-0.1, -0.05) is 24.3 Å². The maximum absolute atomic E-state index is 13.6. The third-order valence-electron chi connectivity index (χ3n) is 5.76. The van der Waals surface area contributed by atoms with Gasteiger partial charge in [-0.15, -0.1) is 0 Å². The first-order valence-electron chi connectivity index (χ1n) is 11.7. The number of ketones is 1. The highest BCUT2D eigenvalue weighted by Gasteiger charge is 2.34. The number of carbonyl (C=O) groups is 3. The monoisotopic (exact) mass is 527 g/mol. The molecule has 1 heterocycles. The van der Waals surface area contributed by atoms with Crippen LogP contribution in [0.4, 0.5) is 23.7 Å². The lowest BCUT2D eigenvalue weighted by Crippen LogP contribution is -2.33. The van der Waals surface area contributed by atoms with Crippen molar-refractivity contribution in [2.45, 2.75) is 52.3 Å². The minimum atomic E-state index is -4.66. The molecule has 3 rings (SSSR count). The van der Waals surface area contributed by atoms with Crippen molar-refractivity contribution in [3.05, 3.63) is 82.7 Å². The van der Waals surface area contributed by atoms with Crippen molar-refractivity contribution in [1.29, 1.82) is 0 Å². The number of nitrogens with zero attached hydrogens (tertiary/aromatic N) is 1. The van der Waals surface area contributed by atoms with E-state index in [2.05, 4.69) is 10.3 Å². The number of Topliss-reactive ketones (excluding diaryl/α,β-unsaturated/α-hetero) is 1. The Kier molecular flexibility index (Phi) is 8.24. The summed E-state index contributed by atoms with van der Waals surface area (Å²) in [5.74, 6) is -1.29. The van der Waals surface area contributed by atoms with Gasteiger partial charge in [-0.25, -0.2) is 4.79 Å². The first-order chi connectivity index (χ1) is 17.6. The van der Waals surface area contributed by atoms with Gasteiger partial charge in [0.2, 0.25) is 5.91 Å². The Hall–Kier alpha value is -4.21. The van der Waals surface area contributed by atoms with Crippen LogP contribution >= 0.6 is 0 Å². The summed E-state index contributed by atoms with van der Waals surface area (Å²) >= 11 is 0. The number of hydrogen-bond acceptors (Lipinski definition) is 5. The van der Waals surface area contributed by atoms with Crippen LogP contribution in [0.1, 0.15) is 53.0 Å². The van der Waals surface area contributed by atoms with Gasteiger partial charge >= 0.3 is 12.3 Å². The van der Waals surface area contributed by atoms with Gasteiger partial charge < -0.3 is 15.8 Å². The smallest absolute Gasteiger partial charge is 0.416 e. The zero-order valence-electron chi connectivity index (χ0n) is 21.4. The van der Waals surface area contributed by atoms with Crippen LogP contribution in [-0.4, -0.2) is 28.4 Å². The predicted octanol–water partition coefficient (Wildman–Crippen LogP) is 6.01. The molecule has 0 aliphatic heterocycles. The van der Waals surface area contributed by atoms with E-state index in [1.165, 1.54) is 26.8 Å². The van der Waals surface area contributed by atoms with Gasteiger partial charge in [0.15, 0.2) is 5.78 Å². The Morgan fingerprint density at radius 3 is 2.32 bits per heavy atom. The summed E-state index contributed by atoms with van der Waals surface area (Å²) in [4.78, 5) is 41.1. The summed E-state index contributed by atoms with van der Waals surface area (Å²) in [5.41, 5.74) is 5.78. The molecule has 0 spiro atoms. The first-order valence-corrected chi connectivity index (χ1v) is 11.7. The molecule has 38 heavy (non-hydrogen) atoms. The fourth-order valence-electron chi connectivity index (χ4n) is 4.14. The number of pyridine rings is 1. The average molecular weight is 528 g/mol. The molecule has 0 fully saturated rings. The van der Waals surface area contributed by atoms with Crippen LogP contribution in [-0.2, 0) is 22.1 Å². The average Bonchev–Trinajstić information content (AvgIpc) is 2.79. The van der Waals surface area contributed by atoms with Gasteiger partial charge in [0.1, 0.15) is 5.60 Å². The fraction of sp³-hybridized carbons (Fsp3) is 0.286. The van der Waals surface area contributed by atoms with Gasteiger partial charge in [-0.3, -0.25) is 14.6 Å². The van der Waals surface area contributed by atoms with Crippen molar-refractivity contribution >= 4 is 23.5 Å². The highest BCUT2D eigenvalue weighted by atomic mass is 19.4. The van der Waals surface area contributed by atoms with Crippen molar-refractivity contribution in [2.75, 3.05) is 5.32 Å². The summed E-state index contributed by atoms with van der Waals surface area (Å²) in [7, 11) is 0. The predicted molar refractivity (Wildman–Crippen MR) is 137 cm³/mol. The highest BCUT2D eigenvalue weighted by Crippen LogP contribution is 2.36. The largest absolute Gasteiger partial charge is 0.443 e. The van der Waals surface area contributed by atoms with Crippen LogP contribution in [0.15, 0.2) is 54.7 Å². The topological polar surface area (TPSA) is 111 Å². The van der Waals surface area contributed by atoms with Crippen LogP contribution in [0.3, 0.4) is 0 Å². The zero-order valence-corrected chi connectivity index (χ0v) is 21.4. The summed E-state index contributed by atoms with van der Waals surface area (Å²) in [6, 6.07) is 12.5. The second-order valence-electron chi connectivity index (χ2n) is 9.59. The van der Waals surface area contributed by atoms with E-state index >= 15 is 0 Å². The maximum atomic E-state index is 13.6. The SMILES string of the molecule is Cc1cc(-c2cccc(C(=O)CC(=O)Nc3cc(C(F)(F)F)c(C)cc3CC(C)(C)OC(N)=O)c2)ccn1. The molecule has 7 nitrogen and oxygen atoms in total. The van der Waals surface area contributed by atoms with Gasteiger partial charge in [-0.2, -0.15) is 13.2 Å². The number of nitrogens with one attached hydrogen (secondary N) is 1. The lowest BCUT2D eigenvalue weighted by molar-refractivity contribution is -0.138. The van der Waals surface area contributed by atoms with Gasteiger partial charge in [0, 0.05) is 29.6 Å². The molecule has 0 atom stereocenters. The van der Waals surface area contributed by atoms with Crippen molar-refractivity contribution in [3.8, 4) is 11.1 Å². The van der Waals surface area contributed by atoms with Gasteiger partial charge in [-0.05, 0) is 74.2 Å². The number of rotatable bonds is 8. The van der Waals surface area contributed by atoms with E-state index in [1.54, 1.807) is 30.5 Å². The molecule has 0 aliphatic carbocycles. The summed E-state index contributed by atoms with van der Waals surface area (Å²) < 4.78 is 45.8. The summed E-state index contributed by atoms with van der Waals surface area (Å²) in [6.07, 6.45) is -4.68. The quantitative estimate of drug-likeness (QED) is 0.275. The number of aryl methyl sites for hydroxylation is 2. The van der Waals surface area contributed by atoms with Crippen molar-refractivity contribution in [2.24, 2.45) is 5.73 Å². The normalized spacial score (nSPS) is 11.7. The molecule has 1 aromatic heterocycles. The molecular weight excluding hydrogens is 499 g/mol. The molecule has 2 amide bonds. The second-order valence-corrected chi connectivity index (χ2v) is 9.59. The Morgan fingerprint density at radius 2 is 1.68 bits per heavy atom. The van der Waals surface area contributed by atoms with Crippen LogP contribution in [0, 0.1) is 13.8 Å². The minimum Gasteiger partial charge on any atom is -0.443 e. The third kappa shape index (κ3) is 7.41. The number of nitrogens with two attached hydrogens (primary N) is 1. The number of benzene rings is 2. The highest BCUT2D eigenvalue weighted by molar-refractivity contribution is 6.11. The van der Waals surface area contributed by atoms with E-state index in [4.69, 9.17) is 10.5 Å². The van der Waals surface area contributed by atoms with E-state index in [1.807, 2.05) is 19.1 Å². The van der Waals surface area contributed by atoms with E-state index in [-0.39, 0.29) is 28.8 Å². The lowest BCUT2D eigenvalue weighted by atomic mass is 9.93. The molecule has 10 heteroatoms.